The number of para-hydroxylation sites is 2. The van der Waals surface area contributed by atoms with Crippen LogP contribution in [0.2, 0.25) is 0 Å². The van der Waals surface area contributed by atoms with Gasteiger partial charge in [0.15, 0.2) is 0 Å². The monoisotopic (exact) mass is 259 g/mol. The van der Waals surface area contributed by atoms with Crippen molar-refractivity contribution in [1.29, 1.82) is 0 Å². The summed E-state index contributed by atoms with van der Waals surface area (Å²) in [5.41, 5.74) is 8.01. The average Bonchev–Trinajstić information content (AvgIpc) is 2.79. The fourth-order valence-electron chi connectivity index (χ4n) is 2.52. The number of fused-ring (bicyclic) bond motifs is 1. The van der Waals surface area contributed by atoms with E-state index in [2.05, 4.69) is 35.8 Å². The molecular formula is C16H25N3. The standard InChI is InChI=1S/C16H25N3/c1-2-3-4-7-13-19-15-10-6-5-9-14(15)18-16(19)11-8-12-17/h5-6,9-10H,2-4,7-8,11-13,17H2,1H3. The highest BCUT2D eigenvalue weighted by Crippen LogP contribution is 2.18. The van der Waals surface area contributed by atoms with E-state index in [4.69, 9.17) is 10.7 Å². The van der Waals surface area contributed by atoms with Gasteiger partial charge in [-0.1, -0.05) is 38.3 Å². The first-order valence-electron chi connectivity index (χ1n) is 7.51. The van der Waals surface area contributed by atoms with Crippen molar-refractivity contribution in [1.82, 2.24) is 9.55 Å². The molecule has 0 spiro atoms. The summed E-state index contributed by atoms with van der Waals surface area (Å²) < 4.78 is 2.39. The summed E-state index contributed by atoms with van der Waals surface area (Å²) in [5, 5.41) is 0. The van der Waals surface area contributed by atoms with Crippen molar-refractivity contribution in [3.8, 4) is 0 Å². The molecule has 1 aromatic heterocycles. The molecule has 0 bridgehead atoms. The molecule has 0 aliphatic heterocycles. The van der Waals surface area contributed by atoms with Crippen molar-refractivity contribution < 1.29 is 0 Å². The lowest BCUT2D eigenvalue weighted by Gasteiger charge is -2.08. The molecule has 0 aliphatic rings. The number of benzene rings is 1. The van der Waals surface area contributed by atoms with Crippen molar-refractivity contribution in [2.45, 2.75) is 52.0 Å². The summed E-state index contributed by atoms with van der Waals surface area (Å²) in [6.45, 7) is 4.07. The van der Waals surface area contributed by atoms with Crippen LogP contribution in [-0.2, 0) is 13.0 Å². The molecule has 0 fully saturated rings. The first-order chi connectivity index (χ1) is 9.36. The number of imidazole rings is 1. The van der Waals surface area contributed by atoms with E-state index in [1.54, 1.807) is 0 Å². The number of rotatable bonds is 8. The molecule has 104 valence electrons. The molecule has 0 radical (unpaired) electrons. The highest BCUT2D eigenvalue weighted by molar-refractivity contribution is 5.75. The minimum atomic E-state index is 0.735. The van der Waals surface area contributed by atoms with E-state index >= 15 is 0 Å². The van der Waals surface area contributed by atoms with Crippen LogP contribution in [0.25, 0.3) is 11.0 Å². The van der Waals surface area contributed by atoms with Gasteiger partial charge in [0, 0.05) is 13.0 Å². The Morgan fingerprint density at radius 3 is 2.74 bits per heavy atom. The normalized spacial score (nSPS) is 11.3. The zero-order valence-electron chi connectivity index (χ0n) is 11.9. The molecule has 3 nitrogen and oxygen atoms in total. The maximum atomic E-state index is 5.62. The van der Waals surface area contributed by atoms with E-state index in [1.165, 1.54) is 37.0 Å². The Bertz CT molecular complexity index is 502. The molecule has 0 amide bonds. The highest BCUT2D eigenvalue weighted by Gasteiger charge is 2.09. The molecule has 0 aliphatic carbocycles. The number of aryl methyl sites for hydroxylation is 2. The fraction of sp³-hybridized carbons (Fsp3) is 0.562. The molecule has 0 saturated heterocycles. The molecule has 2 rings (SSSR count). The van der Waals surface area contributed by atoms with Gasteiger partial charge in [-0.25, -0.2) is 4.98 Å². The lowest BCUT2D eigenvalue weighted by atomic mass is 10.2. The van der Waals surface area contributed by atoms with Crippen molar-refractivity contribution in [2.24, 2.45) is 5.73 Å². The van der Waals surface area contributed by atoms with Gasteiger partial charge in [0.25, 0.3) is 0 Å². The second kappa shape index (κ2) is 7.29. The minimum Gasteiger partial charge on any atom is -0.330 e. The number of unbranched alkanes of at least 4 members (excludes halogenated alkanes) is 3. The van der Waals surface area contributed by atoms with Crippen LogP contribution < -0.4 is 5.73 Å². The molecule has 0 saturated carbocycles. The Kier molecular flexibility index (Phi) is 5.40. The van der Waals surface area contributed by atoms with Crippen molar-refractivity contribution in [2.75, 3.05) is 6.54 Å². The minimum absolute atomic E-state index is 0.735. The third-order valence-electron chi connectivity index (χ3n) is 3.57. The van der Waals surface area contributed by atoms with E-state index in [9.17, 15) is 0 Å². The van der Waals surface area contributed by atoms with Gasteiger partial charge in [-0.15, -0.1) is 0 Å². The maximum absolute atomic E-state index is 5.62. The van der Waals surface area contributed by atoms with Crippen LogP contribution in [0.5, 0.6) is 0 Å². The van der Waals surface area contributed by atoms with Crippen molar-refractivity contribution >= 4 is 11.0 Å². The number of hydrogen-bond donors (Lipinski definition) is 1. The molecule has 1 aromatic carbocycles. The maximum Gasteiger partial charge on any atom is 0.109 e. The number of aromatic nitrogens is 2. The summed E-state index contributed by atoms with van der Waals surface area (Å²) in [7, 11) is 0. The zero-order valence-corrected chi connectivity index (χ0v) is 11.9. The molecule has 0 atom stereocenters. The number of nitrogens with zero attached hydrogens (tertiary/aromatic N) is 2. The van der Waals surface area contributed by atoms with Crippen LogP contribution in [0.15, 0.2) is 24.3 Å². The van der Waals surface area contributed by atoms with Gasteiger partial charge in [0.05, 0.1) is 11.0 Å². The summed E-state index contributed by atoms with van der Waals surface area (Å²) >= 11 is 0. The third-order valence-corrected chi connectivity index (χ3v) is 3.57. The lowest BCUT2D eigenvalue weighted by molar-refractivity contribution is 0.570. The van der Waals surface area contributed by atoms with Crippen LogP contribution in [0, 0.1) is 0 Å². The molecule has 0 unspecified atom stereocenters. The van der Waals surface area contributed by atoms with Crippen LogP contribution in [0.4, 0.5) is 0 Å². The van der Waals surface area contributed by atoms with Gasteiger partial charge < -0.3 is 10.3 Å². The Hall–Kier alpha value is -1.35. The predicted molar refractivity (Wildman–Crippen MR) is 81.3 cm³/mol. The van der Waals surface area contributed by atoms with E-state index in [0.29, 0.717) is 0 Å². The van der Waals surface area contributed by atoms with Crippen molar-refractivity contribution in [3.63, 3.8) is 0 Å². The summed E-state index contributed by atoms with van der Waals surface area (Å²) in [4.78, 5) is 4.76. The lowest BCUT2D eigenvalue weighted by Crippen LogP contribution is -2.07. The largest absolute Gasteiger partial charge is 0.330 e. The van der Waals surface area contributed by atoms with Crippen LogP contribution >= 0.6 is 0 Å². The molecular weight excluding hydrogens is 234 g/mol. The second-order valence-corrected chi connectivity index (χ2v) is 5.12. The highest BCUT2D eigenvalue weighted by atomic mass is 15.1. The molecule has 3 heteroatoms. The molecule has 2 aromatic rings. The Labute approximate surface area is 115 Å². The molecule has 1 heterocycles. The average molecular weight is 259 g/mol. The van der Waals surface area contributed by atoms with E-state index in [-0.39, 0.29) is 0 Å². The molecule has 2 N–H and O–H groups in total. The van der Waals surface area contributed by atoms with Gasteiger partial charge in [-0.05, 0) is 31.5 Å². The molecule has 19 heavy (non-hydrogen) atoms. The van der Waals surface area contributed by atoms with Gasteiger partial charge in [0.2, 0.25) is 0 Å². The first kappa shape index (κ1) is 14.1. The van der Waals surface area contributed by atoms with Gasteiger partial charge in [0.1, 0.15) is 5.82 Å². The second-order valence-electron chi connectivity index (χ2n) is 5.12. The van der Waals surface area contributed by atoms with E-state index in [1.807, 2.05) is 0 Å². The third kappa shape index (κ3) is 3.57. The fourth-order valence-corrected chi connectivity index (χ4v) is 2.52. The topological polar surface area (TPSA) is 43.8 Å². The Morgan fingerprint density at radius 1 is 1.11 bits per heavy atom. The first-order valence-corrected chi connectivity index (χ1v) is 7.51. The summed E-state index contributed by atoms with van der Waals surface area (Å²) in [6.07, 6.45) is 7.15. The van der Waals surface area contributed by atoms with E-state index in [0.717, 1.165) is 31.4 Å². The zero-order chi connectivity index (χ0) is 13.5. The van der Waals surface area contributed by atoms with E-state index < -0.39 is 0 Å². The quantitative estimate of drug-likeness (QED) is 0.737. The van der Waals surface area contributed by atoms with Crippen LogP contribution in [0.3, 0.4) is 0 Å². The van der Waals surface area contributed by atoms with Crippen LogP contribution in [0.1, 0.15) is 44.9 Å². The smallest absolute Gasteiger partial charge is 0.109 e. The predicted octanol–water partition coefficient (Wildman–Crippen LogP) is 3.51. The van der Waals surface area contributed by atoms with Crippen molar-refractivity contribution in [3.05, 3.63) is 30.1 Å². The SMILES string of the molecule is CCCCCCn1c(CCCN)nc2ccccc21. The van der Waals surface area contributed by atoms with Gasteiger partial charge in [-0.2, -0.15) is 0 Å². The van der Waals surface area contributed by atoms with Crippen LogP contribution in [-0.4, -0.2) is 16.1 Å². The Balaban J connectivity index is 2.16. The number of hydrogen-bond acceptors (Lipinski definition) is 2. The Morgan fingerprint density at radius 2 is 1.95 bits per heavy atom. The van der Waals surface area contributed by atoms with Gasteiger partial charge in [-0.3, -0.25) is 0 Å². The summed E-state index contributed by atoms with van der Waals surface area (Å²) in [6, 6.07) is 8.43. The number of nitrogens with two attached hydrogens (primary N) is 1. The van der Waals surface area contributed by atoms with Gasteiger partial charge >= 0.3 is 0 Å². The summed E-state index contributed by atoms with van der Waals surface area (Å²) in [5.74, 6) is 1.20.